The largest absolute Gasteiger partial charge is 0.493 e. The quantitative estimate of drug-likeness (QED) is 0.623. The molecule has 7 nitrogen and oxygen atoms in total. The van der Waals surface area contributed by atoms with Crippen LogP contribution in [0.3, 0.4) is 0 Å². The molecular formula is C17H15N5O2. The van der Waals surface area contributed by atoms with E-state index in [4.69, 9.17) is 20.5 Å². The Morgan fingerprint density at radius 3 is 2.83 bits per heavy atom. The number of aromatic nitrogens is 2. The molecule has 0 saturated carbocycles. The van der Waals surface area contributed by atoms with Crippen LogP contribution in [0.2, 0.25) is 0 Å². The number of nitrogens with two attached hydrogens (primary N) is 1. The van der Waals surface area contributed by atoms with Crippen LogP contribution in [0.4, 0.5) is 5.82 Å². The number of hydrogen-bond acceptors (Lipinski definition) is 6. The number of allylic oxidation sites excluding steroid dienone is 1. The van der Waals surface area contributed by atoms with Gasteiger partial charge in [-0.15, -0.1) is 0 Å². The van der Waals surface area contributed by atoms with Crippen LogP contribution in [0.5, 0.6) is 11.5 Å². The molecule has 1 aromatic carbocycles. The molecule has 0 radical (unpaired) electrons. The third-order valence-corrected chi connectivity index (χ3v) is 3.15. The summed E-state index contributed by atoms with van der Waals surface area (Å²) in [5.74, 6) is 1.14. The fraction of sp³-hybridized carbons (Fsp3) is 0.118. The highest BCUT2D eigenvalue weighted by Crippen LogP contribution is 2.30. The van der Waals surface area contributed by atoms with Crippen molar-refractivity contribution in [2.45, 2.75) is 0 Å². The van der Waals surface area contributed by atoms with Crippen molar-refractivity contribution in [3.8, 4) is 23.6 Å². The van der Waals surface area contributed by atoms with Gasteiger partial charge in [0.05, 0.1) is 18.4 Å². The zero-order chi connectivity index (χ0) is 17.5. The molecule has 0 aliphatic rings. The molecule has 0 aliphatic carbocycles. The van der Waals surface area contributed by atoms with Crippen LogP contribution in [-0.4, -0.2) is 23.9 Å². The van der Waals surface area contributed by atoms with Gasteiger partial charge in [-0.1, -0.05) is 18.7 Å². The van der Waals surface area contributed by atoms with Crippen molar-refractivity contribution in [3.05, 3.63) is 47.7 Å². The smallest absolute Gasteiger partial charge is 0.163 e. The van der Waals surface area contributed by atoms with E-state index in [2.05, 4.69) is 16.8 Å². The third kappa shape index (κ3) is 3.37. The lowest BCUT2D eigenvalue weighted by atomic mass is 10.1. The van der Waals surface area contributed by atoms with Gasteiger partial charge in [-0.25, -0.2) is 0 Å². The maximum Gasteiger partial charge on any atom is 0.163 e. The van der Waals surface area contributed by atoms with Crippen LogP contribution >= 0.6 is 0 Å². The number of hydrogen-bond donors (Lipinski definition) is 2. The van der Waals surface area contributed by atoms with Crippen LogP contribution in [-0.2, 0) is 0 Å². The molecule has 0 unspecified atom stereocenters. The molecular weight excluding hydrogens is 306 g/mol. The number of nitriles is 2. The van der Waals surface area contributed by atoms with E-state index in [0.717, 1.165) is 0 Å². The number of aromatic amines is 1. The molecule has 2 aromatic rings. The summed E-state index contributed by atoms with van der Waals surface area (Å²) in [6.07, 6.45) is 3.24. The van der Waals surface area contributed by atoms with Crippen molar-refractivity contribution in [2.24, 2.45) is 0 Å². The Morgan fingerprint density at radius 1 is 1.42 bits per heavy atom. The first-order chi connectivity index (χ1) is 11.6. The Balaban J connectivity index is 2.43. The van der Waals surface area contributed by atoms with E-state index >= 15 is 0 Å². The van der Waals surface area contributed by atoms with Gasteiger partial charge in [0.2, 0.25) is 0 Å². The number of anilines is 1. The number of rotatable bonds is 6. The summed E-state index contributed by atoms with van der Waals surface area (Å²) in [6, 6.07) is 9.20. The minimum atomic E-state index is 0.0550. The summed E-state index contributed by atoms with van der Waals surface area (Å²) in [7, 11) is 1.53. The van der Waals surface area contributed by atoms with Gasteiger partial charge in [0.1, 0.15) is 24.3 Å². The van der Waals surface area contributed by atoms with E-state index in [9.17, 15) is 5.26 Å². The third-order valence-electron chi connectivity index (χ3n) is 3.15. The predicted molar refractivity (Wildman–Crippen MR) is 89.9 cm³/mol. The van der Waals surface area contributed by atoms with Crippen LogP contribution in [0.25, 0.3) is 11.6 Å². The summed E-state index contributed by atoms with van der Waals surface area (Å²) in [5.41, 5.74) is 6.96. The zero-order valence-electron chi connectivity index (χ0n) is 13.0. The molecule has 3 N–H and O–H groups in total. The van der Waals surface area contributed by atoms with Crippen molar-refractivity contribution >= 4 is 17.5 Å². The van der Waals surface area contributed by atoms with Gasteiger partial charge in [0.25, 0.3) is 0 Å². The monoisotopic (exact) mass is 321 g/mol. The topological polar surface area (TPSA) is 121 Å². The van der Waals surface area contributed by atoms with Crippen LogP contribution in [0, 0.1) is 22.7 Å². The fourth-order valence-corrected chi connectivity index (χ4v) is 2.03. The molecule has 0 aliphatic heterocycles. The number of nitrogens with one attached hydrogen (secondary N) is 1. The fourth-order valence-electron chi connectivity index (χ4n) is 2.03. The van der Waals surface area contributed by atoms with Gasteiger partial charge in [-0.3, -0.25) is 5.10 Å². The van der Waals surface area contributed by atoms with E-state index in [1.54, 1.807) is 30.4 Å². The molecule has 120 valence electrons. The predicted octanol–water partition coefficient (Wildman–Crippen LogP) is 2.50. The second kappa shape index (κ2) is 7.52. The van der Waals surface area contributed by atoms with E-state index < -0.39 is 0 Å². The molecule has 0 fully saturated rings. The minimum Gasteiger partial charge on any atom is -0.493 e. The van der Waals surface area contributed by atoms with E-state index in [-0.39, 0.29) is 22.6 Å². The van der Waals surface area contributed by atoms with Crippen LogP contribution in [0.15, 0.2) is 30.9 Å². The summed E-state index contributed by atoms with van der Waals surface area (Å²) in [5, 5.41) is 24.9. The van der Waals surface area contributed by atoms with E-state index in [1.807, 2.05) is 12.1 Å². The Kier molecular flexibility index (Phi) is 5.22. The number of ether oxygens (including phenoxy) is 2. The highest BCUT2D eigenvalue weighted by Gasteiger charge is 2.15. The lowest BCUT2D eigenvalue weighted by molar-refractivity contribution is 0.326. The van der Waals surface area contributed by atoms with Crippen molar-refractivity contribution in [2.75, 3.05) is 19.5 Å². The second-order valence-corrected chi connectivity index (χ2v) is 4.65. The molecule has 1 heterocycles. The molecule has 0 saturated heterocycles. The Labute approximate surface area is 139 Å². The summed E-state index contributed by atoms with van der Waals surface area (Å²) < 4.78 is 10.8. The first-order valence-electron chi connectivity index (χ1n) is 6.92. The molecule has 0 spiro atoms. The Morgan fingerprint density at radius 2 is 2.21 bits per heavy atom. The standard InChI is InChI=1S/C17H15N5O2/c1-3-6-24-14-5-4-11(8-15(14)23-2)7-12(9-18)16-13(10-19)17(20)22-21-16/h3-5,7-8H,1,6H2,2H3,(H3,20,21,22)/b12-7+. The lowest BCUT2D eigenvalue weighted by Gasteiger charge is -2.10. The Bertz CT molecular complexity index is 868. The Hall–Kier alpha value is -3.71. The normalized spacial score (nSPS) is 10.5. The number of nitrogens with zero attached hydrogens (tertiary/aromatic N) is 3. The number of benzene rings is 1. The van der Waals surface area contributed by atoms with Crippen molar-refractivity contribution in [1.29, 1.82) is 10.5 Å². The van der Waals surface area contributed by atoms with Crippen LogP contribution in [0.1, 0.15) is 16.8 Å². The second-order valence-electron chi connectivity index (χ2n) is 4.65. The van der Waals surface area contributed by atoms with Crippen LogP contribution < -0.4 is 15.2 Å². The summed E-state index contributed by atoms with van der Waals surface area (Å²) >= 11 is 0. The van der Waals surface area contributed by atoms with Crippen molar-refractivity contribution < 1.29 is 9.47 Å². The maximum atomic E-state index is 9.38. The molecule has 0 amide bonds. The first kappa shape index (κ1) is 16.7. The van der Waals surface area contributed by atoms with Crippen molar-refractivity contribution in [3.63, 3.8) is 0 Å². The van der Waals surface area contributed by atoms with Crippen molar-refractivity contribution in [1.82, 2.24) is 10.2 Å². The first-order valence-corrected chi connectivity index (χ1v) is 6.92. The molecule has 1 aromatic heterocycles. The molecule has 7 heteroatoms. The van der Waals surface area contributed by atoms with E-state index in [0.29, 0.717) is 23.7 Å². The number of nitrogen functional groups attached to an aromatic ring is 1. The molecule has 24 heavy (non-hydrogen) atoms. The molecule has 2 rings (SSSR count). The minimum absolute atomic E-state index is 0.0550. The number of H-pyrrole nitrogens is 1. The maximum absolute atomic E-state index is 9.38. The summed E-state index contributed by atoms with van der Waals surface area (Å²) in [6.45, 7) is 3.95. The average Bonchev–Trinajstić information content (AvgIpc) is 2.98. The van der Waals surface area contributed by atoms with Gasteiger partial charge in [-0.2, -0.15) is 15.6 Å². The summed E-state index contributed by atoms with van der Waals surface area (Å²) in [4.78, 5) is 0. The average molecular weight is 321 g/mol. The lowest BCUT2D eigenvalue weighted by Crippen LogP contribution is -1.96. The molecule has 0 atom stereocenters. The number of methoxy groups -OCH3 is 1. The SMILES string of the molecule is C=CCOc1ccc(/C=C(\C#N)c2[nH]nc(N)c2C#N)cc1OC. The van der Waals surface area contributed by atoms with Gasteiger partial charge in [0.15, 0.2) is 17.3 Å². The van der Waals surface area contributed by atoms with E-state index in [1.165, 1.54) is 7.11 Å². The van der Waals surface area contributed by atoms with Gasteiger partial charge >= 0.3 is 0 Å². The van der Waals surface area contributed by atoms with Gasteiger partial charge in [0, 0.05) is 0 Å². The van der Waals surface area contributed by atoms with Gasteiger partial charge < -0.3 is 15.2 Å². The highest BCUT2D eigenvalue weighted by molar-refractivity contribution is 5.91. The highest BCUT2D eigenvalue weighted by atomic mass is 16.5. The zero-order valence-corrected chi connectivity index (χ0v) is 13.0. The molecule has 0 bridgehead atoms. The van der Waals surface area contributed by atoms with Gasteiger partial charge in [-0.05, 0) is 23.8 Å².